The van der Waals surface area contributed by atoms with E-state index in [1.807, 2.05) is 32.8 Å². The number of hydrogen-bond donors (Lipinski definition) is 1. The Balaban J connectivity index is 1.62. The predicted molar refractivity (Wildman–Crippen MR) is 106 cm³/mol. The van der Waals surface area contributed by atoms with Crippen molar-refractivity contribution in [3.05, 3.63) is 22.8 Å². The summed E-state index contributed by atoms with van der Waals surface area (Å²) in [6.45, 7) is 5.95. The Morgan fingerprint density at radius 2 is 1.89 bits per heavy atom. The van der Waals surface area contributed by atoms with E-state index in [0.717, 1.165) is 42.9 Å². The van der Waals surface area contributed by atoms with Gasteiger partial charge < -0.3 is 19.6 Å². The minimum Gasteiger partial charge on any atom is -0.361 e. The molecule has 1 aliphatic heterocycles. The van der Waals surface area contributed by atoms with E-state index in [1.54, 1.807) is 0 Å². The minimum absolute atomic E-state index is 0.0497. The molecule has 28 heavy (non-hydrogen) atoms. The number of amides is 1. The monoisotopic (exact) mass is 387 g/mol. The van der Waals surface area contributed by atoms with Crippen molar-refractivity contribution in [3.63, 3.8) is 0 Å². The maximum Gasteiger partial charge on any atom is 0.230 e. The molecule has 1 amide bonds. The highest BCUT2D eigenvalue weighted by atomic mass is 16.5. The van der Waals surface area contributed by atoms with Gasteiger partial charge in [-0.25, -0.2) is 0 Å². The molecule has 0 aliphatic carbocycles. The lowest BCUT2D eigenvalue weighted by atomic mass is 10.1. The molecular formula is C19H29N7O2. The quantitative estimate of drug-likeness (QED) is 0.767. The van der Waals surface area contributed by atoms with Crippen LogP contribution in [0.1, 0.15) is 48.5 Å². The van der Waals surface area contributed by atoms with Crippen molar-refractivity contribution < 1.29 is 9.32 Å². The van der Waals surface area contributed by atoms with Gasteiger partial charge in [-0.1, -0.05) is 5.16 Å². The Hall–Kier alpha value is -2.71. The van der Waals surface area contributed by atoms with Crippen LogP contribution in [0.15, 0.2) is 4.52 Å². The Labute approximate surface area is 165 Å². The van der Waals surface area contributed by atoms with Gasteiger partial charge in [-0.05, 0) is 39.5 Å². The SMILES string of the molecule is Cc1noc(C)c1CCC(=O)NCc1nc(N(C)C)nc(N2CCCCC2)n1. The molecule has 3 heterocycles. The van der Waals surface area contributed by atoms with Crippen molar-refractivity contribution >= 4 is 17.8 Å². The molecule has 0 radical (unpaired) electrons. The van der Waals surface area contributed by atoms with Gasteiger partial charge >= 0.3 is 0 Å². The van der Waals surface area contributed by atoms with E-state index < -0.39 is 0 Å². The molecule has 3 rings (SSSR count). The number of carbonyl (C=O) groups is 1. The van der Waals surface area contributed by atoms with E-state index >= 15 is 0 Å². The maximum atomic E-state index is 12.3. The number of anilines is 2. The van der Waals surface area contributed by atoms with Crippen LogP contribution in [0.4, 0.5) is 11.9 Å². The van der Waals surface area contributed by atoms with Crippen molar-refractivity contribution in [2.75, 3.05) is 37.0 Å². The third-order valence-corrected chi connectivity index (χ3v) is 4.92. The molecule has 0 atom stereocenters. The first-order valence-electron chi connectivity index (χ1n) is 9.79. The Bertz CT molecular complexity index is 793. The number of piperidine rings is 1. The number of aromatic nitrogens is 4. The molecule has 1 N–H and O–H groups in total. The third-order valence-electron chi connectivity index (χ3n) is 4.92. The van der Waals surface area contributed by atoms with Crippen LogP contribution in [0.2, 0.25) is 0 Å². The van der Waals surface area contributed by atoms with Crippen LogP contribution in [0.3, 0.4) is 0 Å². The number of carbonyl (C=O) groups excluding carboxylic acids is 1. The predicted octanol–water partition coefficient (Wildman–Crippen LogP) is 1.78. The van der Waals surface area contributed by atoms with Crippen LogP contribution in [0, 0.1) is 13.8 Å². The fourth-order valence-electron chi connectivity index (χ4n) is 3.27. The summed E-state index contributed by atoms with van der Waals surface area (Å²) in [7, 11) is 3.81. The van der Waals surface area contributed by atoms with Crippen LogP contribution >= 0.6 is 0 Å². The van der Waals surface area contributed by atoms with Gasteiger partial charge in [0.2, 0.25) is 17.8 Å². The molecule has 0 unspecified atom stereocenters. The average Bonchev–Trinajstić information content (AvgIpc) is 3.02. The topological polar surface area (TPSA) is 100 Å². The smallest absolute Gasteiger partial charge is 0.230 e. The summed E-state index contributed by atoms with van der Waals surface area (Å²) in [6.07, 6.45) is 4.52. The number of aryl methyl sites for hydroxylation is 2. The highest BCUT2D eigenvalue weighted by Gasteiger charge is 2.17. The highest BCUT2D eigenvalue weighted by Crippen LogP contribution is 2.18. The summed E-state index contributed by atoms with van der Waals surface area (Å²) in [4.78, 5) is 30.0. The van der Waals surface area contributed by atoms with E-state index in [-0.39, 0.29) is 12.5 Å². The third kappa shape index (κ3) is 4.96. The largest absolute Gasteiger partial charge is 0.361 e. The number of nitrogens with one attached hydrogen (secondary N) is 1. The van der Waals surface area contributed by atoms with Gasteiger partial charge in [0, 0.05) is 39.2 Å². The van der Waals surface area contributed by atoms with Crippen LogP contribution in [0.5, 0.6) is 0 Å². The van der Waals surface area contributed by atoms with Crippen LogP contribution in [-0.2, 0) is 17.8 Å². The molecule has 2 aromatic heterocycles. The summed E-state index contributed by atoms with van der Waals surface area (Å²) in [5.41, 5.74) is 1.84. The van der Waals surface area contributed by atoms with E-state index in [4.69, 9.17) is 4.52 Å². The first-order chi connectivity index (χ1) is 13.4. The second-order valence-corrected chi connectivity index (χ2v) is 7.37. The van der Waals surface area contributed by atoms with E-state index in [0.29, 0.717) is 30.6 Å². The van der Waals surface area contributed by atoms with Crippen LogP contribution < -0.4 is 15.1 Å². The lowest BCUT2D eigenvalue weighted by Crippen LogP contribution is -2.33. The summed E-state index contributed by atoms with van der Waals surface area (Å²) in [5, 5.41) is 6.84. The molecular weight excluding hydrogens is 358 g/mol. The molecule has 9 heteroatoms. The first-order valence-corrected chi connectivity index (χ1v) is 9.79. The second-order valence-electron chi connectivity index (χ2n) is 7.37. The fraction of sp³-hybridized carbons (Fsp3) is 0.632. The lowest BCUT2D eigenvalue weighted by molar-refractivity contribution is -0.121. The van der Waals surface area contributed by atoms with Crippen LogP contribution in [0.25, 0.3) is 0 Å². The molecule has 152 valence electrons. The van der Waals surface area contributed by atoms with Crippen molar-refractivity contribution in [3.8, 4) is 0 Å². The Morgan fingerprint density at radius 1 is 1.14 bits per heavy atom. The van der Waals surface area contributed by atoms with Crippen molar-refractivity contribution in [2.24, 2.45) is 0 Å². The summed E-state index contributed by atoms with van der Waals surface area (Å²) < 4.78 is 5.15. The highest BCUT2D eigenvalue weighted by molar-refractivity contribution is 5.76. The molecule has 9 nitrogen and oxygen atoms in total. The van der Waals surface area contributed by atoms with Gasteiger partial charge in [-0.15, -0.1) is 0 Å². The molecule has 0 bridgehead atoms. The molecule has 1 saturated heterocycles. The number of hydrogen-bond acceptors (Lipinski definition) is 8. The zero-order valence-corrected chi connectivity index (χ0v) is 17.2. The lowest BCUT2D eigenvalue weighted by Gasteiger charge is -2.27. The number of nitrogens with zero attached hydrogens (tertiary/aromatic N) is 6. The van der Waals surface area contributed by atoms with Gasteiger partial charge in [-0.2, -0.15) is 15.0 Å². The van der Waals surface area contributed by atoms with Gasteiger partial charge in [0.05, 0.1) is 12.2 Å². The average molecular weight is 387 g/mol. The van der Waals surface area contributed by atoms with Crippen molar-refractivity contribution in [2.45, 2.75) is 52.5 Å². The second kappa shape index (κ2) is 8.99. The fourth-order valence-corrected chi connectivity index (χ4v) is 3.27. The summed E-state index contributed by atoms with van der Waals surface area (Å²) >= 11 is 0. The molecule has 1 aliphatic rings. The van der Waals surface area contributed by atoms with Gasteiger partial charge in [-0.3, -0.25) is 4.79 Å². The normalized spacial score (nSPS) is 14.2. The van der Waals surface area contributed by atoms with Crippen molar-refractivity contribution in [1.29, 1.82) is 0 Å². The molecule has 1 fully saturated rings. The maximum absolute atomic E-state index is 12.3. The first kappa shape index (κ1) is 20.0. The molecule has 0 saturated carbocycles. The zero-order chi connectivity index (χ0) is 20.1. The van der Waals surface area contributed by atoms with Crippen LogP contribution in [-0.4, -0.2) is 53.2 Å². The molecule has 0 spiro atoms. The summed E-state index contributed by atoms with van der Waals surface area (Å²) in [5.74, 6) is 2.59. The van der Waals surface area contributed by atoms with E-state index in [2.05, 4.69) is 30.3 Å². The standard InChI is InChI=1S/C19H29N7O2/c1-13-15(14(2)28-24-13)8-9-17(27)20-12-16-21-18(25(3)4)23-19(22-16)26-10-6-5-7-11-26/h5-12H2,1-4H3,(H,20,27). The molecule has 2 aromatic rings. The molecule has 0 aromatic carbocycles. The van der Waals surface area contributed by atoms with Gasteiger partial charge in [0.1, 0.15) is 5.76 Å². The zero-order valence-electron chi connectivity index (χ0n) is 17.2. The van der Waals surface area contributed by atoms with E-state index in [1.165, 1.54) is 6.42 Å². The van der Waals surface area contributed by atoms with Crippen molar-refractivity contribution in [1.82, 2.24) is 25.4 Å². The Morgan fingerprint density at radius 3 is 2.54 bits per heavy atom. The Kier molecular flexibility index (Phi) is 6.43. The summed E-state index contributed by atoms with van der Waals surface area (Å²) in [6, 6.07) is 0. The van der Waals surface area contributed by atoms with Gasteiger partial charge in [0.25, 0.3) is 0 Å². The minimum atomic E-state index is -0.0497. The van der Waals surface area contributed by atoms with Gasteiger partial charge in [0.15, 0.2) is 5.82 Å². The number of rotatable bonds is 7. The van der Waals surface area contributed by atoms with E-state index in [9.17, 15) is 4.79 Å².